The van der Waals surface area contributed by atoms with Gasteiger partial charge in [0.15, 0.2) is 0 Å². The summed E-state index contributed by atoms with van der Waals surface area (Å²) < 4.78 is 21.8. The average Bonchev–Trinajstić information content (AvgIpc) is 1.62. The van der Waals surface area contributed by atoms with Crippen LogP contribution in [0.1, 0.15) is 135 Å². The lowest BCUT2D eigenvalue weighted by molar-refractivity contribution is -0.118. The smallest absolute Gasteiger partial charge is 0.255 e. The van der Waals surface area contributed by atoms with Gasteiger partial charge in [0.2, 0.25) is 23.6 Å². The van der Waals surface area contributed by atoms with Gasteiger partial charge in [0.05, 0.1) is 50.7 Å². The van der Waals surface area contributed by atoms with Crippen molar-refractivity contribution in [3.8, 4) is 23.0 Å². The predicted octanol–water partition coefficient (Wildman–Crippen LogP) is 4.67. The number of carbonyl (C=O) groups is 9. The Hall–Kier alpha value is -9.63. The molecule has 18 N–H and O–H groups in total. The lowest BCUT2D eigenvalue weighted by atomic mass is 10.0. The van der Waals surface area contributed by atoms with Crippen molar-refractivity contribution in [2.75, 3.05) is 75.9 Å². The van der Waals surface area contributed by atoms with Gasteiger partial charge in [-0.15, -0.1) is 0 Å². The first-order valence-electron chi connectivity index (χ1n) is 29.8. The molecule has 0 heterocycles. The molecule has 0 bridgehead atoms. The number of primary amides is 1. The number of benzene rings is 5. The van der Waals surface area contributed by atoms with E-state index in [1.165, 1.54) is 101 Å². The minimum absolute atomic E-state index is 0.0167. The first-order valence-corrected chi connectivity index (χ1v) is 29.8. The van der Waals surface area contributed by atoms with E-state index in [4.69, 9.17) is 47.6 Å². The Balaban J connectivity index is 1.33. The van der Waals surface area contributed by atoms with E-state index in [1.54, 1.807) is 30.3 Å². The van der Waals surface area contributed by atoms with Crippen molar-refractivity contribution in [1.82, 2.24) is 21.3 Å². The number of ether oxygens (including phenoxy) is 4. The molecule has 90 heavy (non-hydrogen) atoms. The van der Waals surface area contributed by atoms with E-state index >= 15 is 0 Å². The SMILES string of the molecule is COc1ccc(NC(=O)[C@H](CCCCCN)NC(=O)c2cc(NC(=O)[C@H](CCCCN)NC(=O)c3cc(NC(=O)[C@H](CCCCN)NC(=O)c4cc(NC(=O)[C@H](CCCCN)NC(=O)c5ccccc5)ccc4OC)ccc3OC)ccc2OC)cc1C(N)=O. The molecule has 0 fully saturated rings. The highest BCUT2D eigenvalue weighted by molar-refractivity contribution is 6.08. The van der Waals surface area contributed by atoms with Gasteiger partial charge in [-0.1, -0.05) is 31.0 Å². The van der Waals surface area contributed by atoms with Crippen molar-refractivity contribution in [2.24, 2.45) is 28.7 Å². The molecule has 0 aromatic heterocycles. The zero-order valence-corrected chi connectivity index (χ0v) is 51.3. The maximum atomic E-state index is 14.3. The number of nitrogens with one attached hydrogen (secondary N) is 8. The molecule has 9 amide bonds. The van der Waals surface area contributed by atoms with E-state index in [-0.39, 0.29) is 87.3 Å². The third kappa shape index (κ3) is 21.6. The summed E-state index contributed by atoms with van der Waals surface area (Å²) >= 11 is 0. The Labute approximate surface area is 523 Å². The molecule has 5 rings (SSSR count). The molecule has 0 saturated carbocycles. The number of anilines is 4. The van der Waals surface area contributed by atoms with Gasteiger partial charge in [-0.05, 0) is 182 Å². The third-order valence-electron chi connectivity index (χ3n) is 14.4. The van der Waals surface area contributed by atoms with Crippen molar-refractivity contribution in [1.29, 1.82) is 0 Å². The number of unbranched alkanes of at least 4 members (excludes halogenated alkanes) is 5. The molecule has 0 spiro atoms. The summed E-state index contributed by atoms with van der Waals surface area (Å²) in [5, 5.41) is 22.3. The van der Waals surface area contributed by atoms with E-state index in [1.807, 2.05) is 0 Å². The van der Waals surface area contributed by atoms with Crippen LogP contribution in [-0.4, -0.2) is 132 Å². The molecular weight excluding hydrogens is 1160 g/mol. The zero-order valence-electron chi connectivity index (χ0n) is 51.3. The quantitative estimate of drug-likeness (QED) is 0.0239. The van der Waals surface area contributed by atoms with Crippen LogP contribution in [0.15, 0.2) is 103 Å². The van der Waals surface area contributed by atoms with Crippen molar-refractivity contribution in [3.63, 3.8) is 0 Å². The molecular formula is C64H85N13O13. The lowest BCUT2D eigenvalue weighted by Gasteiger charge is -2.22. The Morgan fingerprint density at radius 3 is 0.900 bits per heavy atom. The molecule has 0 aliphatic heterocycles. The van der Waals surface area contributed by atoms with Crippen molar-refractivity contribution in [3.05, 3.63) is 131 Å². The maximum absolute atomic E-state index is 14.3. The standard InChI is InChI=1S/C64H85N13O13/c1-87-52-27-23-40(35-44(52)56(69)78)70-62(84)49(19-9-6-13-31-65)75-58(80)45-37-42(25-29-53(45)88-2)72-63(85)51(22-12-16-34-68)77-60(82)47-38-43(26-30-55(47)90-4)73-64(86)50(21-11-15-33-67)76-59(81)46-36-41(24-28-54(46)89-3)71-61(83)48(20-10-14-32-66)74-57(79)39-17-7-5-8-18-39/h5,7-8,17-18,23-30,35-38,48-51H,6,9-16,19-22,31-34,65-68H2,1-4H3,(H2,69,78)(H,70,84)(H,71,83)(H,72,85)(H,73,86)(H,74,79)(H,75,80)(H,76,81)(H,77,82)/t48-,49-,50-,51-/m0/s1. The van der Waals surface area contributed by atoms with Gasteiger partial charge in [0, 0.05) is 28.3 Å². The summed E-state index contributed by atoms with van der Waals surface area (Å²) in [6.07, 6.45) is 5.69. The van der Waals surface area contributed by atoms with Crippen molar-refractivity contribution < 1.29 is 62.1 Å². The third-order valence-corrected chi connectivity index (χ3v) is 14.4. The van der Waals surface area contributed by atoms with Crippen LogP contribution in [0.5, 0.6) is 23.0 Å². The van der Waals surface area contributed by atoms with Crippen LogP contribution < -0.4 is 90.2 Å². The Bertz CT molecular complexity index is 3260. The van der Waals surface area contributed by atoms with Gasteiger partial charge in [0.25, 0.3) is 29.5 Å². The second-order valence-electron chi connectivity index (χ2n) is 20.9. The second-order valence-corrected chi connectivity index (χ2v) is 20.9. The van der Waals surface area contributed by atoms with Crippen LogP contribution in [0.4, 0.5) is 22.7 Å². The Kier molecular flexibility index (Phi) is 29.5. The predicted molar refractivity (Wildman–Crippen MR) is 343 cm³/mol. The summed E-state index contributed by atoms with van der Waals surface area (Å²) in [6, 6.07) is 21.5. The summed E-state index contributed by atoms with van der Waals surface area (Å²) in [7, 11) is 5.43. The van der Waals surface area contributed by atoms with Crippen LogP contribution in [0.2, 0.25) is 0 Å². The summed E-state index contributed by atoms with van der Waals surface area (Å²) in [6.45, 7) is 1.44. The molecule has 0 aliphatic rings. The molecule has 0 aliphatic carbocycles. The fourth-order valence-corrected chi connectivity index (χ4v) is 9.55. The highest BCUT2D eigenvalue weighted by atomic mass is 16.5. The van der Waals surface area contributed by atoms with Gasteiger partial charge in [-0.25, -0.2) is 0 Å². The number of amides is 9. The number of rotatable bonds is 38. The molecule has 0 saturated heterocycles. The van der Waals surface area contributed by atoms with E-state index in [0.717, 1.165) is 0 Å². The minimum Gasteiger partial charge on any atom is -0.496 e. The van der Waals surface area contributed by atoms with E-state index in [2.05, 4.69) is 42.5 Å². The largest absolute Gasteiger partial charge is 0.496 e. The van der Waals surface area contributed by atoms with E-state index in [9.17, 15) is 43.2 Å². The summed E-state index contributed by atoms with van der Waals surface area (Å²) in [5.74, 6) is -5.31. The van der Waals surface area contributed by atoms with Crippen molar-refractivity contribution in [2.45, 2.75) is 108 Å². The molecule has 4 atom stereocenters. The molecule has 26 nitrogen and oxygen atoms in total. The van der Waals surface area contributed by atoms with Crippen LogP contribution in [0, 0.1) is 0 Å². The van der Waals surface area contributed by atoms with E-state index < -0.39 is 77.3 Å². The molecule has 5 aromatic carbocycles. The number of methoxy groups -OCH3 is 4. The van der Waals surface area contributed by atoms with Crippen LogP contribution in [0.25, 0.3) is 0 Å². The fourth-order valence-electron chi connectivity index (χ4n) is 9.55. The Morgan fingerprint density at radius 1 is 0.344 bits per heavy atom. The van der Waals surface area contributed by atoms with Crippen LogP contribution >= 0.6 is 0 Å². The van der Waals surface area contributed by atoms with Gasteiger partial charge in [-0.3, -0.25) is 43.2 Å². The maximum Gasteiger partial charge on any atom is 0.255 e. The highest BCUT2D eigenvalue weighted by Crippen LogP contribution is 2.28. The molecule has 484 valence electrons. The molecule has 0 unspecified atom stereocenters. The minimum atomic E-state index is -1.18. The van der Waals surface area contributed by atoms with Crippen molar-refractivity contribution >= 4 is 75.9 Å². The number of hydrogen-bond acceptors (Lipinski definition) is 17. The van der Waals surface area contributed by atoms with Gasteiger partial charge >= 0.3 is 0 Å². The second kappa shape index (κ2) is 37.3. The van der Waals surface area contributed by atoms with Gasteiger partial charge < -0.3 is 90.2 Å². The Morgan fingerprint density at radius 2 is 0.611 bits per heavy atom. The topological polar surface area (TPSA) is 417 Å². The zero-order chi connectivity index (χ0) is 65.5. The fraction of sp³-hybridized carbons (Fsp3) is 0.391. The van der Waals surface area contributed by atoms with Gasteiger partial charge in [0.1, 0.15) is 47.2 Å². The van der Waals surface area contributed by atoms with E-state index in [0.29, 0.717) is 96.0 Å². The molecule has 5 aromatic rings. The summed E-state index contributed by atoms with van der Waals surface area (Å²) in [5.41, 5.74) is 29.6. The van der Waals surface area contributed by atoms with Crippen LogP contribution in [0.3, 0.4) is 0 Å². The number of nitrogens with two attached hydrogens (primary N) is 5. The summed E-state index contributed by atoms with van der Waals surface area (Å²) in [4.78, 5) is 124. The first-order chi connectivity index (χ1) is 43.4. The number of hydrogen-bond donors (Lipinski definition) is 13. The highest BCUT2D eigenvalue weighted by Gasteiger charge is 2.29. The number of carbonyl (C=O) groups excluding carboxylic acids is 9. The monoisotopic (exact) mass is 1240 g/mol. The lowest BCUT2D eigenvalue weighted by Crippen LogP contribution is -2.44. The first kappa shape index (κ1) is 71.1. The average molecular weight is 1240 g/mol. The normalized spacial score (nSPS) is 12.1. The van der Waals surface area contributed by atoms with Crippen LogP contribution in [-0.2, 0) is 19.2 Å². The molecule has 0 radical (unpaired) electrons. The molecule has 26 heteroatoms. The van der Waals surface area contributed by atoms with Gasteiger partial charge in [-0.2, -0.15) is 0 Å².